The van der Waals surface area contributed by atoms with Gasteiger partial charge in [0, 0.05) is 20.7 Å². The number of halogens is 2. The summed E-state index contributed by atoms with van der Waals surface area (Å²) in [6.07, 6.45) is 1.02. The van der Waals surface area contributed by atoms with Crippen LogP contribution in [0.3, 0.4) is 0 Å². The van der Waals surface area contributed by atoms with E-state index in [0.717, 1.165) is 20.5 Å². The average molecular weight is 401 g/mol. The molecule has 0 aliphatic rings. The van der Waals surface area contributed by atoms with Crippen molar-refractivity contribution in [3.05, 3.63) is 56.6 Å². The van der Waals surface area contributed by atoms with Crippen molar-refractivity contribution in [1.29, 1.82) is 0 Å². The molecule has 0 heterocycles. The van der Waals surface area contributed by atoms with Crippen molar-refractivity contribution in [2.75, 3.05) is 11.1 Å². The number of anilines is 2. The van der Waals surface area contributed by atoms with E-state index in [2.05, 4.69) is 27.9 Å². The third-order valence-electron chi connectivity index (χ3n) is 2.88. The van der Waals surface area contributed by atoms with E-state index in [4.69, 9.17) is 17.3 Å². The van der Waals surface area contributed by atoms with Crippen LogP contribution in [-0.4, -0.2) is 5.91 Å². The van der Waals surface area contributed by atoms with Crippen molar-refractivity contribution in [1.82, 2.24) is 0 Å². The number of carbonyl (C=O) groups excluding carboxylic acids is 1. The lowest BCUT2D eigenvalue weighted by atomic mass is 10.1. The molecule has 0 fully saturated rings. The predicted molar refractivity (Wildman–Crippen MR) is 92.0 cm³/mol. The monoisotopic (exact) mass is 400 g/mol. The molecule has 0 saturated carbocycles. The fourth-order valence-electron chi connectivity index (χ4n) is 1.81. The van der Waals surface area contributed by atoms with Gasteiger partial charge in [0.05, 0.1) is 5.69 Å². The second kappa shape index (κ2) is 6.95. The molecule has 2 aromatic rings. The number of nitrogen functional groups attached to an aromatic ring is 1. The topological polar surface area (TPSA) is 55.1 Å². The number of nitrogens with one attached hydrogen (secondary N) is 1. The van der Waals surface area contributed by atoms with Crippen LogP contribution in [0.4, 0.5) is 11.4 Å². The zero-order valence-corrected chi connectivity index (χ0v) is 13.6. The zero-order valence-electron chi connectivity index (χ0n) is 10.7. The fraction of sp³-hybridized carbons (Fsp3) is 0.133. The van der Waals surface area contributed by atoms with E-state index in [1.54, 1.807) is 12.1 Å². The van der Waals surface area contributed by atoms with Gasteiger partial charge in [0.25, 0.3) is 0 Å². The standard InChI is InChI=1S/C15H14ClIN2O/c16-11-6-7-14(12(17)9-11)19-15(20)8-5-10-3-1-2-4-13(10)18/h1-4,6-7,9H,5,8,18H2,(H,19,20). The second-order valence-corrected chi connectivity index (χ2v) is 5.97. The Hall–Kier alpha value is -1.27. The minimum absolute atomic E-state index is 0.0338. The first kappa shape index (κ1) is 15.1. The molecule has 0 aromatic heterocycles. The molecule has 3 N–H and O–H groups in total. The van der Waals surface area contributed by atoms with E-state index < -0.39 is 0 Å². The van der Waals surface area contributed by atoms with Gasteiger partial charge in [-0.15, -0.1) is 0 Å². The van der Waals surface area contributed by atoms with E-state index >= 15 is 0 Å². The van der Waals surface area contributed by atoms with Crippen molar-refractivity contribution in [2.45, 2.75) is 12.8 Å². The maximum absolute atomic E-state index is 11.9. The van der Waals surface area contributed by atoms with Crippen LogP contribution in [0.15, 0.2) is 42.5 Å². The number of hydrogen-bond acceptors (Lipinski definition) is 2. The fourth-order valence-corrected chi connectivity index (χ4v) is 2.82. The first-order valence-electron chi connectivity index (χ1n) is 6.14. The largest absolute Gasteiger partial charge is 0.399 e. The van der Waals surface area contributed by atoms with Gasteiger partial charge in [-0.25, -0.2) is 0 Å². The highest BCUT2D eigenvalue weighted by Gasteiger charge is 2.07. The van der Waals surface area contributed by atoms with Crippen molar-refractivity contribution in [2.24, 2.45) is 0 Å². The van der Waals surface area contributed by atoms with E-state index in [1.807, 2.05) is 30.3 Å². The van der Waals surface area contributed by atoms with Crippen LogP contribution in [0.5, 0.6) is 0 Å². The van der Waals surface area contributed by atoms with Crippen LogP contribution in [0.2, 0.25) is 5.02 Å². The molecule has 0 aliphatic heterocycles. The summed E-state index contributed by atoms with van der Waals surface area (Å²) in [7, 11) is 0. The zero-order chi connectivity index (χ0) is 14.5. The minimum Gasteiger partial charge on any atom is -0.399 e. The highest BCUT2D eigenvalue weighted by atomic mass is 127. The Labute approximate surface area is 136 Å². The highest BCUT2D eigenvalue weighted by molar-refractivity contribution is 14.1. The summed E-state index contributed by atoms with van der Waals surface area (Å²) < 4.78 is 0.919. The van der Waals surface area contributed by atoms with Gasteiger partial charge in [-0.1, -0.05) is 29.8 Å². The molecule has 0 bridgehead atoms. The first-order chi connectivity index (χ1) is 9.56. The molecule has 0 spiro atoms. The maximum Gasteiger partial charge on any atom is 0.224 e. The molecular weight excluding hydrogens is 387 g/mol. The molecule has 0 radical (unpaired) electrons. The Morgan fingerprint density at radius 1 is 1.25 bits per heavy atom. The summed E-state index contributed by atoms with van der Waals surface area (Å²) in [5.74, 6) is -0.0338. The molecule has 0 unspecified atom stereocenters. The summed E-state index contributed by atoms with van der Waals surface area (Å²) >= 11 is 8.03. The van der Waals surface area contributed by atoms with Gasteiger partial charge in [0.2, 0.25) is 5.91 Å². The van der Waals surface area contributed by atoms with E-state index in [0.29, 0.717) is 17.9 Å². The maximum atomic E-state index is 11.9. The lowest BCUT2D eigenvalue weighted by molar-refractivity contribution is -0.116. The number of aryl methyl sites for hydroxylation is 1. The SMILES string of the molecule is Nc1ccccc1CCC(=O)Nc1ccc(Cl)cc1I. The molecule has 0 aliphatic carbocycles. The molecule has 104 valence electrons. The third-order valence-corrected chi connectivity index (χ3v) is 4.01. The van der Waals surface area contributed by atoms with Crippen LogP contribution in [0.25, 0.3) is 0 Å². The van der Waals surface area contributed by atoms with Crippen LogP contribution < -0.4 is 11.1 Å². The van der Waals surface area contributed by atoms with Crippen LogP contribution >= 0.6 is 34.2 Å². The smallest absolute Gasteiger partial charge is 0.224 e. The molecule has 20 heavy (non-hydrogen) atoms. The van der Waals surface area contributed by atoms with Crippen molar-refractivity contribution in [3.8, 4) is 0 Å². The van der Waals surface area contributed by atoms with Gasteiger partial charge >= 0.3 is 0 Å². The third kappa shape index (κ3) is 4.11. The average Bonchev–Trinajstić information content (AvgIpc) is 2.41. The summed E-state index contributed by atoms with van der Waals surface area (Å²) in [5.41, 5.74) is 8.35. The van der Waals surface area contributed by atoms with E-state index in [1.165, 1.54) is 0 Å². The minimum atomic E-state index is -0.0338. The second-order valence-electron chi connectivity index (χ2n) is 4.37. The summed E-state index contributed by atoms with van der Waals surface area (Å²) in [5, 5.41) is 3.54. The molecule has 0 atom stereocenters. The number of hydrogen-bond donors (Lipinski definition) is 2. The summed E-state index contributed by atoms with van der Waals surface area (Å²) in [6, 6.07) is 13.0. The van der Waals surface area contributed by atoms with E-state index in [-0.39, 0.29) is 5.91 Å². The molecular formula is C15H14ClIN2O. The lowest BCUT2D eigenvalue weighted by Crippen LogP contribution is -2.13. The number of benzene rings is 2. The quantitative estimate of drug-likeness (QED) is 0.600. The molecule has 3 nitrogen and oxygen atoms in total. The highest BCUT2D eigenvalue weighted by Crippen LogP contribution is 2.22. The Kier molecular flexibility index (Phi) is 5.25. The van der Waals surface area contributed by atoms with Gasteiger partial charge in [-0.05, 0) is 58.8 Å². The van der Waals surface area contributed by atoms with Crippen molar-refractivity contribution in [3.63, 3.8) is 0 Å². The number of amides is 1. The Bertz CT molecular complexity index is 631. The van der Waals surface area contributed by atoms with Crippen molar-refractivity contribution >= 4 is 51.5 Å². The lowest BCUT2D eigenvalue weighted by Gasteiger charge is -2.08. The summed E-state index contributed by atoms with van der Waals surface area (Å²) in [4.78, 5) is 11.9. The van der Waals surface area contributed by atoms with Crippen LogP contribution in [0, 0.1) is 3.57 Å². The van der Waals surface area contributed by atoms with Gasteiger partial charge in [0.1, 0.15) is 0 Å². The van der Waals surface area contributed by atoms with Gasteiger partial charge < -0.3 is 11.1 Å². The number of nitrogens with two attached hydrogens (primary N) is 1. The normalized spacial score (nSPS) is 10.3. The van der Waals surface area contributed by atoms with Crippen molar-refractivity contribution < 1.29 is 4.79 Å². The predicted octanol–water partition coefficient (Wildman–Crippen LogP) is 4.10. The van der Waals surface area contributed by atoms with Gasteiger partial charge in [-0.2, -0.15) is 0 Å². The first-order valence-corrected chi connectivity index (χ1v) is 7.60. The van der Waals surface area contributed by atoms with Gasteiger partial charge in [-0.3, -0.25) is 4.79 Å². The molecule has 1 amide bonds. The van der Waals surface area contributed by atoms with E-state index in [9.17, 15) is 4.79 Å². The molecule has 0 saturated heterocycles. The number of para-hydroxylation sites is 1. The Balaban J connectivity index is 1.94. The number of carbonyl (C=O) groups is 1. The summed E-state index contributed by atoms with van der Waals surface area (Å²) in [6.45, 7) is 0. The Morgan fingerprint density at radius 2 is 2.00 bits per heavy atom. The van der Waals surface area contributed by atoms with Crippen LogP contribution in [0.1, 0.15) is 12.0 Å². The molecule has 2 aromatic carbocycles. The van der Waals surface area contributed by atoms with Gasteiger partial charge in [0.15, 0.2) is 0 Å². The Morgan fingerprint density at radius 3 is 2.70 bits per heavy atom. The number of rotatable bonds is 4. The molecule has 5 heteroatoms. The van der Waals surface area contributed by atoms with Crippen LogP contribution in [-0.2, 0) is 11.2 Å². The molecule has 2 rings (SSSR count).